The maximum Gasteiger partial charge on any atom is 0.211 e. The molecule has 0 spiro atoms. The second-order valence-electron chi connectivity index (χ2n) is 8.43. The van der Waals surface area contributed by atoms with Crippen LogP contribution in [0.3, 0.4) is 0 Å². The van der Waals surface area contributed by atoms with Crippen LogP contribution in [0.15, 0.2) is 23.2 Å². The van der Waals surface area contributed by atoms with Crippen molar-refractivity contribution in [1.29, 1.82) is 10.5 Å². The molecule has 1 aromatic carbocycles. The Hall–Kier alpha value is -4.02. The Morgan fingerprint density at radius 2 is 2.03 bits per heavy atom. The van der Waals surface area contributed by atoms with Crippen LogP contribution in [0.1, 0.15) is 48.1 Å². The zero-order valence-corrected chi connectivity index (χ0v) is 18.7. The lowest BCUT2D eigenvalue weighted by atomic mass is 9.93. The molecule has 0 radical (unpaired) electrons. The minimum absolute atomic E-state index is 0.0213. The van der Waals surface area contributed by atoms with Crippen molar-refractivity contribution in [2.45, 2.75) is 32.4 Å². The molecule has 1 saturated heterocycles. The van der Waals surface area contributed by atoms with Crippen LogP contribution in [0.5, 0.6) is 5.75 Å². The van der Waals surface area contributed by atoms with Crippen LogP contribution in [0.4, 0.5) is 17.3 Å². The lowest BCUT2D eigenvalue weighted by Crippen LogP contribution is -2.33. The van der Waals surface area contributed by atoms with Crippen LogP contribution in [0, 0.1) is 28.7 Å². The number of piperidine rings is 1. The summed E-state index contributed by atoms with van der Waals surface area (Å²) in [5, 5.41) is 24.1. The first-order valence-electron chi connectivity index (χ1n) is 10.8. The number of nitriles is 2. The first-order chi connectivity index (χ1) is 15.9. The van der Waals surface area contributed by atoms with Crippen molar-refractivity contribution in [3.63, 3.8) is 0 Å². The smallest absolute Gasteiger partial charge is 0.211 e. The lowest BCUT2D eigenvalue weighted by Gasteiger charge is -2.31. The predicted octanol–water partition coefficient (Wildman–Crippen LogP) is 2.30. The fourth-order valence-corrected chi connectivity index (χ4v) is 4.38. The Bertz CT molecular complexity index is 1170. The molecule has 2 aliphatic rings. The van der Waals surface area contributed by atoms with E-state index in [1.807, 2.05) is 30.5 Å². The number of nitrogens with one attached hydrogen (secondary N) is 2. The summed E-state index contributed by atoms with van der Waals surface area (Å²) in [5.41, 5.74) is 15.1. The van der Waals surface area contributed by atoms with Crippen LogP contribution < -0.4 is 26.8 Å². The van der Waals surface area contributed by atoms with E-state index in [4.69, 9.17) is 21.5 Å². The molecule has 0 amide bonds. The molecule has 10 heteroatoms. The molecule has 2 aromatic rings. The van der Waals surface area contributed by atoms with Gasteiger partial charge in [0.2, 0.25) is 5.96 Å². The average Bonchev–Trinajstić information content (AvgIpc) is 2.80. The zero-order chi connectivity index (χ0) is 23.5. The minimum atomic E-state index is -0.580. The van der Waals surface area contributed by atoms with E-state index >= 15 is 0 Å². The number of guanidine groups is 1. The van der Waals surface area contributed by atoms with Gasteiger partial charge in [0.15, 0.2) is 6.19 Å². The van der Waals surface area contributed by atoms with Crippen LogP contribution in [-0.4, -0.2) is 36.0 Å². The summed E-state index contributed by atoms with van der Waals surface area (Å²) in [4.78, 5) is 11.4. The molecule has 1 fully saturated rings. The topological polar surface area (TPSA) is 161 Å². The Balaban J connectivity index is 1.78. The number of rotatable bonds is 4. The molecule has 10 nitrogen and oxygen atoms in total. The number of nitrogens with two attached hydrogens (primary N) is 2. The van der Waals surface area contributed by atoms with E-state index in [1.165, 1.54) is 12.8 Å². The van der Waals surface area contributed by atoms with Gasteiger partial charge in [-0.05, 0) is 49.5 Å². The molecule has 0 aliphatic carbocycles. The fraction of sp³-hybridized carbons (Fsp3) is 0.391. The van der Waals surface area contributed by atoms with Crippen molar-refractivity contribution in [2.75, 3.05) is 37.0 Å². The van der Waals surface area contributed by atoms with Crippen molar-refractivity contribution < 1.29 is 4.74 Å². The number of anilines is 3. The van der Waals surface area contributed by atoms with Crippen molar-refractivity contribution in [2.24, 2.45) is 10.9 Å². The molecule has 6 N–H and O–H groups in total. The third-order valence-corrected chi connectivity index (χ3v) is 6.25. The summed E-state index contributed by atoms with van der Waals surface area (Å²) in [6.07, 6.45) is 4.22. The Labute approximate surface area is 192 Å². The van der Waals surface area contributed by atoms with E-state index < -0.39 is 6.04 Å². The number of fused-ring (bicyclic) bond motifs is 1. The maximum atomic E-state index is 9.52. The Morgan fingerprint density at radius 1 is 1.27 bits per heavy atom. The van der Waals surface area contributed by atoms with Gasteiger partial charge in [-0.3, -0.25) is 10.2 Å². The summed E-state index contributed by atoms with van der Waals surface area (Å²) in [6.45, 7) is 5.13. The normalized spacial score (nSPS) is 18.3. The number of nitrogen functional groups attached to an aromatic ring is 2. The van der Waals surface area contributed by atoms with Gasteiger partial charge < -0.3 is 21.5 Å². The highest BCUT2D eigenvalue weighted by Gasteiger charge is 2.30. The second kappa shape index (κ2) is 9.23. The van der Waals surface area contributed by atoms with Crippen LogP contribution in [-0.2, 0) is 6.54 Å². The monoisotopic (exact) mass is 445 g/mol. The third-order valence-electron chi connectivity index (χ3n) is 6.25. The van der Waals surface area contributed by atoms with E-state index in [9.17, 15) is 5.26 Å². The molecular weight excluding hydrogens is 418 g/mol. The van der Waals surface area contributed by atoms with E-state index in [0.717, 1.165) is 42.4 Å². The van der Waals surface area contributed by atoms with E-state index in [2.05, 4.69) is 32.4 Å². The summed E-state index contributed by atoms with van der Waals surface area (Å²) < 4.78 is 5.63. The van der Waals surface area contributed by atoms with Crippen molar-refractivity contribution >= 4 is 23.3 Å². The molecule has 0 bridgehead atoms. The van der Waals surface area contributed by atoms with E-state index in [0.29, 0.717) is 11.4 Å². The Morgan fingerprint density at radius 3 is 2.70 bits per heavy atom. The van der Waals surface area contributed by atoms with Gasteiger partial charge in [0.1, 0.15) is 35.1 Å². The first kappa shape index (κ1) is 22.2. The molecule has 170 valence electrons. The second-order valence-corrected chi connectivity index (χ2v) is 8.43. The van der Waals surface area contributed by atoms with Crippen LogP contribution in [0.2, 0.25) is 0 Å². The molecule has 1 unspecified atom stereocenters. The van der Waals surface area contributed by atoms with Gasteiger partial charge in [-0.2, -0.15) is 10.5 Å². The number of methoxy groups -OCH3 is 1. The largest absolute Gasteiger partial charge is 0.496 e. The SMILES string of the molecule is COc1ccc(C2N=C(NC#N)Nc3nc(N)c(C#N)c(N)c32)cc1CN1CCC(C)CC1. The predicted molar refractivity (Wildman–Crippen MR) is 126 cm³/mol. The highest BCUT2D eigenvalue weighted by molar-refractivity contribution is 5.98. The van der Waals surface area contributed by atoms with Crippen LogP contribution >= 0.6 is 0 Å². The van der Waals surface area contributed by atoms with Gasteiger partial charge in [-0.1, -0.05) is 13.0 Å². The van der Waals surface area contributed by atoms with Gasteiger partial charge in [0.25, 0.3) is 0 Å². The van der Waals surface area contributed by atoms with Crippen LogP contribution in [0.25, 0.3) is 0 Å². The van der Waals surface area contributed by atoms with Gasteiger partial charge in [-0.25, -0.2) is 9.98 Å². The van der Waals surface area contributed by atoms with Crippen molar-refractivity contribution in [3.8, 4) is 18.0 Å². The number of likely N-dealkylation sites (tertiary alicyclic amines) is 1. The van der Waals surface area contributed by atoms with Gasteiger partial charge in [0.05, 0.1) is 12.8 Å². The summed E-state index contributed by atoms with van der Waals surface area (Å²) in [7, 11) is 1.66. The molecule has 4 rings (SSSR count). The van der Waals surface area contributed by atoms with Crippen molar-refractivity contribution in [3.05, 3.63) is 40.5 Å². The highest BCUT2D eigenvalue weighted by Crippen LogP contribution is 2.41. The number of hydrogen-bond acceptors (Lipinski definition) is 10. The average molecular weight is 446 g/mol. The summed E-state index contributed by atoms with van der Waals surface area (Å²) in [5.74, 6) is 2.16. The number of ether oxygens (including phenoxy) is 1. The van der Waals surface area contributed by atoms with Crippen molar-refractivity contribution in [1.82, 2.24) is 15.2 Å². The molecule has 0 saturated carbocycles. The van der Waals surface area contributed by atoms with E-state index in [-0.39, 0.29) is 23.0 Å². The fourth-order valence-electron chi connectivity index (χ4n) is 4.38. The minimum Gasteiger partial charge on any atom is -0.496 e. The molecule has 33 heavy (non-hydrogen) atoms. The number of aliphatic imine (C=N–C) groups is 1. The molecule has 2 aliphatic heterocycles. The van der Waals surface area contributed by atoms with Gasteiger partial charge >= 0.3 is 0 Å². The molecule has 3 heterocycles. The zero-order valence-electron chi connectivity index (χ0n) is 18.7. The number of benzene rings is 1. The highest BCUT2D eigenvalue weighted by atomic mass is 16.5. The number of hydrogen-bond donors (Lipinski definition) is 4. The number of nitrogens with zero attached hydrogens (tertiary/aromatic N) is 5. The standard InChI is InChI=1S/C23H27N9O/c1-13-5-7-32(8-6-13)11-15-9-14(3-4-17(15)33-2)20-18-19(26)16(10-24)21(27)30-22(18)31-23(29-20)28-12-25/h3-4,9,13,20H,5-8,11H2,1-2H3,(H6,26,27,28,29,30,31). The first-order valence-corrected chi connectivity index (χ1v) is 10.8. The third kappa shape index (κ3) is 4.34. The van der Waals surface area contributed by atoms with Gasteiger partial charge in [0, 0.05) is 17.7 Å². The lowest BCUT2D eigenvalue weighted by molar-refractivity contribution is 0.183. The number of aromatic nitrogens is 1. The summed E-state index contributed by atoms with van der Waals surface area (Å²) >= 11 is 0. The maximum absolute atomic E-state index is 9.52. The number of pyridine rings is 1. The van der Waals surface area contributed by atoms with E-state index in [1.54, 1.807) is 7.11 Å². The molecular formula is C23H27N9O. The molecule has 1 atom stereocenters. The quantitative estimate of drug-likeness (QED) is 0.408. The van der Waals surface area contributed by atoms with Gasteiger partial charge in [-0.15, -0.1) is 0 Å². The Kier molecular flexibility index (Phi) is 6.20. The summed E-state index contributed by atoms with van der Waals surface area (Å²) in [6, 6.07) is 7.32. The molecule has 1 aromatic heterocycles.